The van der Waals surface area contributed by atoms with Crippen LogP contribution in [0.25, 0.3) is 0 Å². The average molecular weight is 184 g/mol. The number of carbonyl (C=O) groups is 2. The van der Waals surface area contributed by atoms with Gasteiger partial charge in [-0.3, -0.25) is 9.59 Å². The van der Waals surface area contributed by atoms with E-state index in [2.05, 4.69) is 16.1 Å². The molecule has 0 radical (unpaired) electrons. The lowest BCUT2D eigenvalue weighted by Crippen LogP contribution is -2.12. The van der Waals surface area contributed by atoms with Crippen LogP contribution < -0.4 is 0 Å². The molecule has 4 heteroatoms. The van der Waals surface area contributed by atoms with Gasteiger partial charge in [0.05, 0.1) is 0 Å². The summed E-state index contributed by atoms with van der Waals surface area (Å²) in [6.07, 6.45) is 3.06. The van der Waals surface area contributed by atoms with Crippen molar-refractivity contribution in [1.82, 2.24) is 0 Å². The maximum absolute atomic E-state index is 10.9. The maximum atomic E-state index is 10.9. The van der Waals surface area contributed by atoms with Crippen LogP contribution in [-0.2, 0) is 19.1 Å². The summed E-state index contributed by atoms with van der Waals surface area (Å²) in [4.78, 5) is 21.9. The molecule has 4 nitrogen and oxygen atoms in total. The number of ether oxygens (including phenoxy) is 2. The van der Waals surface area contributed by atoms with E-state index in [1.165, 1.54) is 0 Å². The third-order valence-electron chi connectivity index (χ3n) is 1.72. The highest BCUT2D eigenvalue weighted by Gasteiger charge is 2.12. The van der Waals surface area contributed by atoms with Crippen LogP contribution in [0.3, 0.4) is 0 Å². The summed E-state index contributed by atoms with van der Waals surface area (Å²) < 4.78 is 9.24. The van der Waals surface area contributed by atoms with E-state index in [0.717, 1.165) is 19.3 Å². The summed E-state index contributed by atoms with van der Waals surface area (Å²) in [5, 5.41) is 0. The summed E-state index contributed by atoms with van der Waals surface area (Å²) in [5.74, 6) is -0.990. The van der Waals surface area contributed by atoms with Crippen molar-refractivity contribution in [2.75, 3.05) is 0 Å². The molecule has 1 aliphatic rings. The SMILES string of the molecule is C=C1OC(=O)CCCCCC(=O)O1. The molecule has 0 aromatic rings. The lowest BCUT2D eigenvalue weighted by Gasteiger charge is -2.09. The van der Waals surface area contributed by atoms with Crippen LogP contribution in [0.1, 0.15) is 32.1 Å². The van der Waals surface area contributed by atoms with Crippen molar-refractivity contribution in [1.29, 1.82) is 0 Å². The van der Waals surface area contributed by atoms with E-state index in [9.17, 15) is 9.59 Å². The van der Waals surface area contributed by atoms with Crippen LogP contribution in [0.4, 0.5) is 0 Å². The fourth-order valence-electron chi connectivity index (χ4n) is 1.09. The summed E-state index contributed by atoms with van der Waals surface area (Å²) in [6, 6.07) is 0. The minimum atomic E-state index is -0.389. The molecule has 0 aliphatic carbocycles. The molecule has 1 fully saturated rings. The minimum absolute atomic E-state index is 0.211. The van der Waals surface area contributed by atoms with Gasteiger partial charge in [0.1, 0.15) is 0 Å². The van der Waals surface area contributed by atoms with Crippen LogP contribution in [0.15, 0.2) is 12.5 Å². The third-order valence-corrected chi connectivity index (χ3v) is 1.72. The Bertz CT molecular complexity index is 210. The first-order valence-corrected chi connectivity index (χ1v) is 4.29. The summed E-state index contributed by atoms with van der Waals surface area (Å²) in [7, 11) is 0. The molecule has 0 amide bonds. The largest absolute Gasteiger partial charge is 0.393 e. The summed E-state index contributed by atoms with van der Waals surface area (Å²) >= 11 is 0. The van der Waals surface area contributed by atoms with E-state index in [-0.39, 0.29) is 17.9 Å². The van der Waals surface area contributed by atoms with Crippen molar-refractivity contribution in [2.24, 2.45) is 0 Å². The fraction of sp³-hybridized carbons (Fsp3) is 0.556. The topological polar surface area (TPSA) is 52.6 Å². The minimum Gasteiger partial charge on any atom is -0.393 e. The van der Waals surface area contributed by atoms with Crippen molar-refractivity contribution >= 4 is 11.9 Å². The molecule has 72 valence electrons. The highest BCUT2D eigenvalue weighted by molar-refractivity contribution is 5.73. The number of carbonyl (C=O) groups excluding carboxylic acids is 2. The molecule has 0 aromatic carbocycles. The number of esters is 2. The molecule has 0 bridgehead atoms. The quantitative estimate of drug-likeness (QED) is 0.535. The lowest BCUT2D eigenvalue weighted by molar-refractivity contribution is -0.154. The highest BCUT2D eigenvalue weighted by atomic mass is 16.7. The number of rotatable bonds is 0. The monoisotopic (exact) mass is 184 g/mol. The summed E-state index contributed by atoms with van der Waals surface area (Å²) in [5.41, 5.74) is 0. The average Bonchev–Trinajstić information content (AvgIpc) is 2.02. The van der Waals surface area contributed by atoms with Gasteiger partial charge in [0.25, 0.3) is 5.95 Å². The fourth-order valence-corrected chi connectivity index (χ4v) is 1.09. The van der Waals surface area contributed by atoms with Crippen LogP contribution >= 0.6 is 0 Å². The van der Waals surface area contributed by atoms with Crippen molar-refractivity contribution < 1.29 is 19.1 Å². The van der Waals surface area contributed by atoms with Crippen molar-refractivity contribution in [3.8, 4) is 0 Å². The van der Waals surface area contributed by atoms with Crippen molar-refractivity contribution in [3.63, 3.8) is 0 Å². The van der Waals surface area contributed by atoms with Gasteiger partial charge in [-0.1, -0.05) is 6.42 Å². The smallest absolute Gasteiger partial charge is 0.313 e. The molecule has 0 aromatic heterocycles. The van der Waals surface area contributed by atoms with E-state index in [4.69, 9.17) is 0 Å². The van der Waals surface area contributed by atoms with E-state index in [1.807, 2.05) is 0 Å². The predicted molar refractivity (Wildman–Crippen MR) is 44.4 cm³/mol. The Labute approximate surface area is 76.5 Å². The highest BCUT2D eigenvalue weighted by Crippen LogP contribution is 2.11. The molecule has 1 rings (SSSR count). The van der Waals surface area contributed by atoms with Gasteiger partial charge >= 0.3 is 11.9 Å². The van der Waals surface area contributed by atoms with Gasteiger partial charge in [0.2, 0.25) is 0 Å². The van der Waals surface area contributed by atoms with E-state index < -0.39 is 0 Å². The van der Waals surface area contributed by atoms with Gasteiger partial charge < -0.3 is 9.47 Å². The Morgan fingerprint density at radius 3 is 1.85 bits per heavy atom. The molecular weight excluding hydrogens is 172 g/mol. The van der Waals surface area contributed by atoms with Gasteiger partial charge in [0.15, 0.2) is 0 Å². The number of hydrogen-bond acceptors (Lipinski definition) is 4. The Morgan fingerprint density at radius 1 is 0.923 bits per heavy atom. The Morgan fingerprint density at radius 2 is 1.38 bits per heavy atom. The Hall–Kier alpha value is -1.32. The van der Waals surface area contributed by atoms with Gasteiger partial charge in [-0.2, -0.15) is 0 Å². The molecule has 0 spiro atoms. The van der Waals surface area contributed by atoms with E-state index in [1.54, 1.807) is 0 Å². The van der Waals surface area contributed by atoms with E-state index >= 15 is 0 Å². The predicted octanol–water partition coefficient (Wildman–Crippen LogP) is 1.51. The molecular formula is C9H12O4. The van der Waals surface area contributed by atoms with Gasteiger partial charge in [0, 0.05) is 12.8 Å². The van der Waals surface area contributed by atoms with Crippen LogP contribution in [-0.4, -0.2) is 11.9 Å². The Balaban J connectivity index is 2.49. The molecule has 0 unspecified atom stereocenters. The van der Waals surface area contributed by atoms with Crippen LogP contribution in [0, 0.1) is 0 Å². The normalized spacial score (nSPS) is 20.5. The van der Waals surface area contributed by atoms with Crippen LogP contribution in [0.2, 0.25) is 0 Å². The van der Waals surface area contributed by atoms with Gasteiger partial charge in [-0.25, -0.2) is 0 Å². The zero-order valence-electron chi connectivity index (χ0n) is 7.38. The first-order chi connectivity index (χ1) is 6.18. The lowest BCUT2D eigenvalue weighted by atomic mass is 10.1. The first kappa shape index (κ1) is 9.77. The maximum Gasteiger partial charge on any atom is 0.313 e. The second-order valence-electron chi connectivity index (χ2n) is 2.88. The second kappa shape index (κ2) is 4.64. The second-order valence-corrected chi connectivity index (χ2v) is 2.88. The molecule has 0 atom stereocenters. The molecule has 1 heterocycles. The molecule has 1 aliphatic heterocycles. The van der Waals surface area contributed by atoms with Crippen molar-refractivity contribution in [2.45, 2.75) is 32.1 Å². The molecule has 0 saturated carbocycles. The molecule has 1 saturated heterocycles. The zero-order valence-corrected chi connectivity index (χ0v) is 7.38. The molecule has 13 heavy (non-hydrogen) atoms. The Kier molecular flexibility index (Phi) is 3.49. The zero-order chi connectivity index (χ0) is 9.68. The first-order valence-electron chi connectivity index (χ1n) is 4.29. The van der Waals surface area contributed by atoms with E-state index in [0.29, 0.717) is 12.8 Å². The number of hydrogen-bond donors (Lipinski definition) is 0. The summed E-state index contributed by atoms with van der Waals surface area (Å²) in [6.45, 7) is 3.30. The van der Waals surface area contributed by atoms with Crippen molar-refractivity contribution in [3.05, 3.63) is 12.5 Å². The standard InChI is InChI=1S/C9H12O4/c1-7-12-8(10)5-3-2-4-6-9(11)13-7/h1-6H2. The molecule has 0 N–H and O–H groups in total. The third kappa shape index (κ3) is 3.73. The number of cyclic esters (lactones) is 2. The van der Waals surface area contributed by atoms with Gasteiger partial charge in [-0.15, -0.1) is 0 Å². The van der Waals surface area contributed by atoms with Gasteiger partial charge in [-0.05, 0) is 19.4 Å². The van der Waals surface area contributed by atoms with Crippen LogP contribution in [0.5, 0.6) is 0 Å².